The van der Waals surface area contributed by atoms with E-state index in [4.69, 9.17) is 9.47 Å². The van der Waals surface area contributed by atoms with E-state index in [2.05, 4.69) is 31.2 Å². The lowest BCUT2D eigenvalue weighted by atomic mass is 9.89. The van der Waals surface area contributed by atoms with Crippen LogP contribution in [0.25, 0.3) is 21.8 Å². The first-order valence-corrected chi connectivity index (χ1v) is 13.9. The molecule has 0 radical (unpaired) electrons. The maximum atomic E-state index is 13.1. The number of nitrogens with one attached hydrogen (secondary N) is 6. The highest BCUT2D eigenvalue weighted by Crippen LogP contribution is 2.40. The fourth-order valence-corrected chi connectivity index (χ4v) is 6.26. The molecule has 6 rings (SSSR count). The molecule has 0 aliphatic heterocycles. The van der Waals surface area contributed by atoms with Crippen LogP contribution in [0.15, 0.2) is 36.4 Å². The number of anilines is 2. The molecule has 2 heterocycles. The van der Waals surface area contributed by atoms with Crippen molar-refractivity contribution in [2.24, 2.45) is 0 Å². The van der Waals surface area contributed by atoms with Gasteiger partial charge >= 0.3 is 11.9 Å². The van der Waals surface area contributed by atoms with Crippen LogP contribution in [0.4, 0.5) is 11.4 Å². The summed E-state index contributed by atoms with van der Waals surface area (Å²) in [7, 11) is 3.68. The first-order chi connectivity index (χ1) is 20.4. The van der Waals surface area contributed by atoms with Gasteiger partial charge < -0.3 is 40.7 Å². The standard InChI is InChI=1S/C30H32N6O6/c1-31-17-9-21-19-7-15(33-13-37)3-5-23(19)35-27(21)25(11-17)41-29(39)30(40)42-26-12-18(32-2)10-22-20-8-16(34-14-38)4-6-24(20)36-28(22)26/h3-8,13-14,17-18,25-26,31-32,35-36H,9-12H2,1-2H3,(H,33,37)(H,34,38). The number of carbonyl (C=O) groups is 4. The number of H-pyrrole nitrogens is 2. The van der Waals surface area contributed by atoms with E-state index in [9.17, 15) is 19.2 Å². The molecule has 0 bridgehead atoms. The van der Waals surface area contributed by atoms with Crippen molar-refractivity contribution in [1.82, 2.24) is 20.6 Å². The summed E-state index contributed by atoms with van der Waals surface area (Å²) in [6.45, 7) is 0. The molecule has 42 heavy (non-hydrogen) atoms. The van der Waals surface area contributed by atoms with Crippen LogP contribution in [-0.2, 0) is 41.5 Å². The number of fused-ring (bicyclic) bond motifs is 6. The van der Waals surface area contributed by atoms with Crippen LogP contribution in [0.2, 0.25) is 0 Å². The summed E-state index contributed by atoms with van der Waals surface area (Å²) in [5, 5.41) is 13.7. The molecule has 2 amide bonds. The van der Waals surface area contributed by atoms with Gasteiger partial charge in [0.25, 0.3) is 0 Å². The van der Waals surface area contributed by atoms with Crippen LogP contribution in [0.3, 0.4) is 0 Å². The monoisotopic (exact) mass is 572 g/mol. The number of esters is 2. The average molecular weight is 573 g/mol. The lowest BCUT2D eigenvalue weighted by Gasteiger charge is -2.30. The predicted octanol–water partition coefficient (Wildman–Crippen LogP) is 2.72. The molecule has 2 aromatic heterocycles. The summed E-state index contributed by atoms with van der Waals surface area (Å²) < 4.78 is 11.6. The van der Waals surface area contributed by atoms with Crippen molar-refractivity contribution in [3.63, 3.8) is 0 Å². The molecule has 2 aliphatic rings. The van der Waals surface area contributed by atoms with Crippen molar-refractivity contribution in [2.45, 2.75) is 50.0 Å². The maximum absolute atomic E-state index is 13.1. The van der Waals surface area contributed by atoms with Gasteiger partial charge in [0.05, 0.1) is 11.4 Å². The van der Waals surface area contributed by atoms with Gasteiger partial charge in [0.15, 0.2) is 0 Å². The number of rotatable bonds is 8. The van der Waals surface area contributed by atoms with Crippen LogP contribution in [0.1, 0.15) is 47.6 Å². The third-order valence-corrected chi connectivity index (χ3v) is 8.35. The third-order valence-electron chi connectivity index (χ3n) is 8.35. The minimum absolute atomic E-state index is 0.00948. The van der Waals surface area contributed by atoms with Gasteiger partial charge in [-0.25, -0.2) is 9.59 Å². The molecule has 0 saturated heterocycles. The second-order valence-corrected chi connectivity index (χ2v) is 10.7. The molecule has 6 N–H and O–H groups in total. The van der Waals surface area contributed by atoms with E-state index in [-0.39, 0.29) is 12.1 Å². The van der Waals surface area contributed by atoms with Gasteiger partial charge in [0.1, 0.15) is 12.2 Å². The van der Waals surface area contributed by atoms with Gasteiger partial charge in [0.2, 0.25) is 12.8 Å². The Balaban J connectivity index is 1.24. The molecule has 2 aliphatic carbocycles. The van der Waals surface area contributed by atoms with Crippen molar-refractivity contribution in [1.29, 1.82) is 0 Å². The highest BCUT2D eigenvalue weighted by Gasteiger charge is 2.37. The van der Waals surface area contributed by atoms with E-state index in [1.165, 1.54) is 0 Å². The first-order valence-electron chi connectivity index (χ1n) is 13.9. The van der Waals surface area contributed by atoms with E-state index in [1.807, 2.05) is 38.4 Å². The summed E-state index contributed by atoms with van der Waals surface area (Å²) >= 11 is 0. The highest BCUT2D eigenvalue weighted by atomic mass is 16.6. The number of likely N-dealkylation sites (N-methyl/N-ethyl adjacent to an activating group) is 2. The van der Waals surface area contributed by atoms with E-state index < -0.39 is 24.1 Å². The number of carbonyl (C=O) groups excluding carboxylic acids is 4. The normalized spacial score (nSPS) is 21.3. The Morgan fingerprint density at radius 3 is 1.55 bits per heavy atom. The highest BCUT2D eigenvalue weighted by molar-refractivity contribution is 6.29. The van der Waals surface area contributed by atoms with Crippen LogP contribution >= 0.6 is 0 Å². The van der Waals surface area contributed by atoms with Crippen LogP contribution in [0.5, 0.6) is 0 Å². The molecule has 2 aromatic carbocycles. The van der Waals surface area contributed by atoms with E-state index in [1.54, 1.807) is 12.1 Å². The van der Waals surface area contributed by atoms with Gasteiger partial charge in [-0.2, -0.15) is 0 Å². The molecule has 12 nitrogen and oxygen atoms in total. The molecular formula is C30H32N6O6. The summed E-state index contributed by atoms with van der Waals surface area (Å²) in [5.41, 5.74) is 6.38. The maximum Gasteiger partial charge on any atom is 0.418 e. The quantitative estimate of drug-likeness (QED) is 0.107. The fraction of sp³-hybridized carbons (Fsp3) is 0.333. The molecule has 0 spiro atoms. The first kappa shape index (κ1) is 27.5. The van der Waals surface area contributed by atoms with Crippen LogP contribution in [-0.4, -0.2) is 60.9 Å². The van der Waals surface area contributed by atoms with Gasteiger partial charge in [-0.05, 0) is 74.5 Å². The predicted molar refractivity (Wildman–Crippen MR) is 156 cm³/mol. The number of benzene rings is 2. The Morgan fingerprint density at radius 2 is 1.17 bits per heavy atom. The number of amides is 2. The smallest absolute Gasteiger partial charge is 0.418 e. The third kappa shape index (κ3) is 4.99. The van der Waals surface area contributed by atoms with Crippen molar-refractivity contribution in [2.75, 3.05) is 24.7 Å². The van der Waals surface area contributed by atoms with Gasteiger partial charge in [-0.3, -0.25) is 9.59 Å². The van der Waals surface area contributed by atoms with Gasteiger partial charge in [-0.1, -0.05) is 0 Å². The van der Waals surface area contributed by atoms with Crippen molar-refractivity contribution in [3.8, 4) is 0 Å². The Kier molecular flexibility index (Phi) is 7.40. The van der Waals surface area contributed by atoms with Crippen LogP contribution < -0.4 is 21.3 Å². The zero-order valence-corrected chi connectivity index (χ0v) is 23.2. The minimum Gasteiger partial charge on any atom is -0.447 e. The van der Waals surface area contributed by atoms with Gasteiger partial charge in [-0.15, -0.1) is 0 Å². The van der Waals surface area contributed by atoms with Crippen molar-refractivity contribution < 1.29 is 28.7 Å². The molecule has 4 atom stereocenters. The summed E-state index contributed by atoms with van der Waals surface area (Å²) in [5.74, 6) is -2.13. The number of ether oxygens (including phenoxy) is 2. The van der Waals surface area contributed by atoms with Gasteiger partial charge in [0, 0.05) is 58.1 Å². The molecule has 0 saturated carbocycles. The molecule has 0 fully saturated rings. The number of aromatic nitrogens is 2. The van der Waals surface area contributed by atoms with Crippen LogP contribution in [0, 0.1) is 0 Å². The second kappa shape index (κ2) is 11.3. The molecule has 4 aromatic rings. The fourth-order valence-electron chi connectivity index (χ4n) is 6.26. The average Bonchev–Trinajstić information content (AvgIpc) is 3.55. The lowest BCUT2D eigenvalue weighted by Crippen LogP contribution is -2.37. The number of hydrogen-bond acceptors (Lipinski definition) is 8. The SMILES string of the molecule is CNC1Cc2c([nH]c3ccc(NC=O)cc23)C(OC(=O)C(=O)OC2CC(NC)Cc3c2[nH]c2ccc(NC=O)cc32)C1. The molecule has 4 unspecified atom stereocenters. The zero-order valence-electron chi connectivity index (χ0n) is 23.2. The number of hydrogen-bond donors (Lipinski definition) is 6. The molecule has 218 valence electrons. The Bertz CT molecular complexity index is 1570. The Morgan fingerprint density at radius 1 is 0.738 bits per heavy atom. The second-order valence-electron chi connectivity index (χ2n) is 10.7. The molecule has 12 heteroatoms. The summed E-state index contributed by atoms with van der Waals surface area (Å²) in [4.78, 5) is 54.9. The topological polar surface area (TPSA) is 166 Å². The van der Waals surface area contributed by atoms with Crippen molar-refractivity contribution in [3.05, 3.63) is 58.9 Å². The van der Waals surface area contributed by atoms with E-state index in [0.717, 1.165) is 44.3 Å². The van der Waals surface area contributed by atoms with Crippen molar-refractivity contribution >= 4 is 57.9 Å². The van der Waals surface area contributed by atoms with E-state index in [0.29, 0.717) is 49.9 Å². The Labute approximate surface area is 240 Å². The number of aromatic amines is 2. The Hall–Kier alpha value is -4.68. The molecular weight excluding hydrogens is 540 g/mol. The zero-order chi connectivity index (χ0) is 29.4. The summed E-state index contributed by atoms with van der Waals surface area (Å²) in [6.07, 6.45) is 2.20. The minimum atomic E-state index is -1.06. The largest absolute Gasteiger partial charge is 0.447 e. The van der Waals surface area contributed by atoms with E-state index >= 15 is 0 Å². The summed E-state index contributed by atoms with van der Waals surface area (Å²) in [6, 6.07) is 11.1. The lowest BCUT2D eigenvalue weighted by molar-refractivity contribution is -0.176.